The van der Waals surface area contributed by atoms with Crippen molar-refractivity contribution in [3.63, 3.8) is 0 Å². The lowest BCUT2D eigenvalue weighted by Crippen LogP contribution is -2.44. The van der Waals surface area contributed by atoms with Gasteiger partial charge in [-0.1, -0.05) is 0 Å². The molecular weight excluding hydrogens is 250 g/mol. The standard InChI is InChI=1S/C13H17NO5/c1-8(13(16)17)14(9-3-4-9)12(15)11-6-5-10(19-11)7-18-2/h5-6,8-9H,3-4,7H2,1-2H3,(H,16,17). The van der Waals surface area contributed by atoms with Crippen LogP contribution < -0.4 is 0 Å². The third-order valence-electron chi connectivity index (χ3n) is 3.11. The highest BCUT2D eigenvalue weighted by Crippen LogP contribution is 2.30. The highest BCUT2D eigenvalue weighted by atomic mass is 16.5. The van der Waals surface area contributed by atoms with Crippen LogP contribution in [0.1, 0.15) is 36.1 Å². The van der Waals surface area contributed by atoms with Gasteiger partial charge in [0, 0.05) is 13.2 Å². The van der Waals surface area contributed by atoms with Crippen molar-refractivity contribution in [2.75, 3.05) is 7.11 Å². The molecule has 1 aliphatic carbocycles. The predicted octanol–water partition coefficient (Wildman–Crippen LogP) is 1.50. The molecule has 1 saturated carbocycles. The molecule has 0 aromatic carbocycles. The topological polar surface area (TPSA) is 80.0 Å². The molecule has 2 rings (SSSR count). The van der Waals surface area contributed by atoms with Gasteiger partial charge in [-0.05, 0) is 31.9 Å². The molecule has 1 unspecified atom stereocenters. The molecule has 1 heterocycles. The maximum absolute atomic E-state index is 12.3. The van der Waals surface area contributed by atoms with Crippen LogP contribution in [0.5, 0.6) is 0 Å². The molecule has 1 amide bonds. The zero-order chi connectivity index (χ0) is 14.0. The molecule has 1 aromatic heterocycles. The first-order valence-electron chi connectivity index (χ1n) is 6.17. The van der Waals surface area contributed by atoms with Crippen LogP contribution in [0.15, 0.2) is 16.5 Å². The molecule has 1 fully saturated rings. The van der Waals surface area contributed by atoms with E-state index in [4.69, 9.17) is 14.3 Å². The molecular formula is C13H17NO5. The predicted molar refractivity (Wildman–Crippen MR) is 65.7 cm³/mol. The van der Waals surface area contributed by atoms with Crippen molar-refractivity contribution in [1.29, 1.82) is 0 Å². The summed E-state index contributed by atoms with van der Waals surface area (Å²) in [6.07, 6.45) is 1.68. The summed E-state index contributed by atoms with van der Waals surface area (Å²) in [6, 6.07) is 2.37. The Balaban J connectivity index is 2.16. The Labute approximate surface area is 110 Å². The molecule has 0 radical (unpaired) electrons. The Morgan fingerprint density at radius 3 is 2.74 bits per heavy atom. The minimum atomic E-state index is -1.01. The van der Waals surface area contributed by atoms with Gasteiger partial charge in [-0.3, -0.25) is 4.79 Å². The minimum absolute atomic E-state index is 0.00887. The van der Waals surface area contributed by atoms with Crippen molar-refractivity contribution in [2.45, 2.75) is 38.5 Å². The summed E-state index contributed by atoms with van der Waals surface area (Å²) in [5.41, 5.74) is 0. The number of carboxylic acid groups (broad SMARTS) is 1. The van der Waals surface area contributed by atoms with Gasteiger partial charge < -0.3 is 19.2 Å². The summed E-state index contributed by atoms with van der Waals surface area (Å²) in [4.78, 5) is 24.8. The molecule has 1 aliphatic rings. The largest absolute Gasteiger partial charge is 0.480 e. The second kappa shape index (κ2) is 5.44. The number of ether oxygens (including phenoxy) is 1. The fourth-order valence-electron chi connectivity index (χ4n) is 1.97. The number of hydrogen-bond acceptors (Lipinski definition) is 4. The maximum atomic E-state index is 12.3. The van der Waals surface area contributed by atoms with Crippen molar-refractivity contribution in [3.05, 3.63) is 23.7 Å². The number of rotatable bonds is 6. The summed E-state index contributed by atoms with van der Waals surface area (Å²) in [7, 11) is 1.53. The SMILES string of the molecule is COCc1ccc(C(=O)N(C2CC2)C(C)C(=O)O)o1. The van der Waals surface area contributed by atoms with Crippen molar-refractivity contribution in [2.24, 2.45) is 0 Å². The fraction of sp³-hybridized carbons (Fsp3) is 0.538. The molecule has 1 aromatic rings. The van der Waals surface area contributed by atoms with Crippen molar-refractivity contribution >= 4 is 11.9 Å². The van der Waals surface area contributed by atoms with Gasteiger partial charge in [-0.25, -0.2) is 4.79 Å². The third kappa shape index (κ3) is 2.96. The number of carbonyl (C=O) groups excluding carboxylic acids is 1. The summed E-state index contributed by atoms with van der Waals surface area (Å²) >= 11 is 0. The highest BCUT2D eigenvalue weighted by molar-refractivity contribution is 5.94. The van der Waals surface area contributed by atoms with E-state index in [2.05, 4.69) is 0 Å². The first kappa shape index (κ1) is 13.6. The normalized spacial score (nSPS) is 16.1. The Morgan fingerprint density at radius 2 is 2.21 bits per heavy atom. The lowest BCUT2D eigenvalue weighted by atomic mass is 10.2. The number of carbonyl (C=O) groups is 2. The molecule has 0 saturated heterocycles. The Bertz CT molecular complexity index is 477. The fourth-order valence-corrected chi connectivity index (χ4v) is 1.97. The molecule has 0 bridgehead atoms. The first-order valence-corrected chi connectivity index (χ1v) is 6.17. The van der Waals surface area contributed by atoms with Gasteiger partial charge in [0.25, 0.3) is 5.91 Å². The molecule has 1 N–H and O–H groups in total. The number of nitrogens with zero attached hydrogens (tertiary/aromatic N) is 1. The van der Waals surface area contributed by atoms with Crippen LogP contribution in [0.4, 0.5) is 0 Å². The molecule has 104 valence electrons. The van der Waals surface area contributed by atoms with E-state index in [0.717, 1.165) is 12.8 Å². The number of carboxylic acids is 1. The lowest BCUT2D eigenvalue weighted by Gasteiger charge is -2.25. The number of aliphatic carboxylic acids is 1. The lowest BCUT2D eigenvalue weighted by molar-refractivity contribution is -0.141. The summed E-state index contributed by atoms with van der Waals surface area (Å²) in [5, 5.41) is 9.07. The summed E-state index contributed by atoms with van der Waals surface area (Å²) < 4.78 is 10.3. The van der Waals surface area contributed by atoms with Crippen molar-refractivity contribution in [1.82, 2.24) is 4.90 Å². The zero-order valence-electron chi connectivity index (χ0n) is 11.0. The smallest absolute Gasteiger partial charge is 0.326 e. The van der Waals surface area contributed by atoms with E-state index in [0.29, 0.717) is 5.76 Å². The van der Waals surface area contributed by atoms with Crippen LogP contribution >= 0.6 is 0 Å². The molecule has 0 spiro atoms. The van der Waals surface area contributed by atoms with E-state index in [1.165, 1.54) is 18.9 Å². The van der Waals surface area contributed by atoms with Crippen LogP contribution in [0.3, 0.4) is 0 Å². The van der Waals surface area contributed by atoms with Gasteiger partial charge >= 0.3 is 5.97 Å². The van der Waals surface area contributed by atoms with Crippen molar-refractivity contribution in [3.8, 4) is 0 Å². The van der Waals surface area contributed by atoms with E-state index in [-0.39, 0.29) is 24.3 Å². The quantitative estimate of drug-likeness (QED) is 0.845. The van der Waals surface area contributed by atoms with Gasteiger partial charge in [0.1, 0.15) is 18.4 Å². The summed E-state index contributed by atoms with van der Waals surface area (Å²) in [6.45, 7) is 1.79. The molecule has 6 heteroatoms. The van der Waals surface area contributed by atoms with Crippen LogP contribution in [0, 0.1) is 0 Å². The van der Waals surface area contributed by atoms with E-state index >= 15 is 0 Å². The number of amides is 1. The number of furan rings is 1. The van der Waals surface area contributed by atoms with Gasteiger partial charge in [0.2, 0.25) is 0 Å². The molecule has 1 atom stereocenters. The Hall–Kier alpha value is -1.82. The van der Waals surface area contributed by atoms with Crippen LogP contribution in [-0.4, -0.2) is 41.1 Å². The van der Waals surface area contributed by atoms with Crippen molar-refractivity contribution < 1.29 is 23.8 Å². The van der Waals surface area contributed by atoms with Gasteiger partial charge in [-0.2, -0.15) is 0 Å². The zero-order valence-corrected chi connectivity index (χ0v) is 11.0. The average Bonchev–Trinajstić information content (AvgIpc) is 3.08. The third-order valence-corrected chi connectivity index (χ3v) is 3.11. The number of hydrogen-bond donors (Lipinski definition) is 1. The van der Waals surface area contributed by atoms with Gasteiger partial charge in [0.15, 0.2) is 5.76 Å². The van der Waals surface area contributed by atoms with E-state index in [1.54, 1.807) is 12.1 Å². The summed E-state index contributed by atoms with van der Waals surface area (Å²) in [5.74, 6) is -0.680. The Kier molecular flexibility index (Phi) is 3.90. The van der Waals surface area contributed by atoms with E-state index < -0.39 is 12.0 Å². The minimum Gasteiger partial charge on any atom is -0.480 e. The van der Waals surface area contributed by atoms with Crippen LogP contribution in [0.2, 0.25) is 0 Å². The van der Waals surface area contributed by atoms with Gasteiger partial charge in [-0.15, -0.1) is 0 Å². The Morgan fingerprint density at radius 1 is 1.53 bits per heavy atom. The molecule has 19 heavy (non-hydrogen) atoms. The monoisotopic (exact) mass is 267 g/mol. The van der Waals surface area contributed by atoms with E-state index in [9.17, 15) is 9.59 Å². The maximum Gasteiger partial charge on any atom is 0.326 e. The average molecular weight is 267 g/mol. The number of methoxy groups -OCH3 is 1. The molecule has 6 nitrogen and oxygen atoms in total. The second-order valence-corrected chi connectivity index (χ2v) is 4.66. The first-order chi connectivity index (χ1) is 9.04. The van der Waals surface area contributed by atoms with E-state index in [1.807, 2.05) is 0 Å². The van der Waals surface area contributed by atoms with Crippen LogP contribution in [-0.2, 0) is 16.1 Å². The second-order valence-electron chi connectivity index (χ2n) is 4.66. The molecule has 0 aliphatic heterocycles. The van der Waals surface area contributed by atoms with Gasteiger partial charge in [0.05, 0.1) is 0 Å². The highest BCUT2D eigenvalue weighted by Gasteiger charge is 2.39. The van der Waals surface area contributed by atoms with Crippen LogP contribution in [0.25, 0.3) is 0 Å².